The van der Waals surface area contributed by atoms with Crippen LogP contribution in [0.25, 0.3) is 0 Å². The minimum absolute atomic E-state index is 0.473. The third-order valence-electron chi connectivity index (χ3n) is 4.57. The molecule has 1 aromatic rings. The highest BCUT2D eigenvalue weighted by Gasteiger charge is 2.46. The molecule has 4 nitrogen and oxygen atoms in total. The van der Waals surface area contributed by atoms with Gasteiger partial charge in [-0.2, -0.15) is 0 Å². The number of ether oxygens (including phenoxy) is 2. The second-order valence-electron chi connectivity index (χ2n) is 5.83. The van der Waals surface area contributed by atoms with E-state index >= 15 is 0 Å². The van der Waals surface area contributed by atoms with Crippen LogP contribution in [0, 0.1) is 6.92 Å². The summed E-state index contributed by atoms with van der Waals surface area (Å²) in [6.07, 6.45) is 3.89. The molecule has 0 aromatic heterocycles. The van der Waals surface area contributed by atoms with E-state index in [1.807, 2.05) is 6.92 Å². The zero-order valence-electron chi connectivity index (χ0n) is 12.1. The zero-order chi connectivity index (χ0) is 15.0. The maximum absolute atomic E-state index is 11.9. The van der Waals surface area contributed by atoms with Gasteiger partial charge < -0.3 is 14.6 Å². The fraction of sp³-hybridized carbons (Fsp3) is 0.562. The molecule has 1 saturated carbocycles. The van der Waals surface area contributed by atoms with Gasteiger partial charge in [-0.25, -0.2) is 0 Å². The second kappa shape index (κ2) is 5.41. The SMILES string of the molecule is Cc1c2c(cc(Cl)c1C1(C(=O)O)CCCC1)OCCCO2. The van der Waals surface area contributed by atoms with E-state index in [0.717, 1.165) is 24.8 Å². The summed E-state index contributed by atoms with van der Waals surface area (Å²) in [6.45, 7) is 3.05. The van der Waals surface area contributed by atoms with Crippen LogP contribution in [0.5, 0.6) is 11.5 Å². The van der Waals surface area contributed by atoms with Crippen molar-refractivity contribution in [2.45, 2.75) is 44.4 Å². The molecule has 5 heteroatoms. The van der Waals surface area contributed by atoms with Crippen LogP contribution in [0.4, 0.5) is 0 Å². The first-order valence-electron chi connectivity index (χ1n) is 7.39. The van der Waals surface area contributed by atoms with Gasteiger partial charge in [0.2, 0.25) is 0 Å². The van der Waals surface area contributed by atoms with Gasteiger partial charge in [0, 0.05) is 23.1 Å². The van der Waals surface area contributed by atoms with Gasteiger partial charge in [0.05, 0.1) is 18.6 Å². The van der Waals surface area contributed by atoms with Crippen LogP contribution in [-0.2, 0) is 10.2 Å². The average molecular weight is 311 g/mol. The number of halogens is 1. The Labute approximate surface area is 129 Å². The van der Waals surface area contributed by atoms with E-state index in [1.54, 1.807) is 6.07 Å². The summed E-state index contributed by atoms with van der Waals surface area (Å²) in [4.78, 5) is 11.9. The second-order valence-corrected chi connectivity index (χ2v) is 6.24. The topological polar surface area (TPSA) is 55.8 Å². The van der Waals surface area contributed by atoms with E-state index in [2.05, 4.69) is 0 Å². The first-order valence-corrected chi connectivity index (χ1v) is 7.76. The molecule has 0 spiro atoms. The largest absolute Gasteiger partial charge is 0.489 e. The number of hydrogen-bond acceptors (Lipinski definition) is 3. The van der Waals surface area contributed by atoms with E-state index in [4.69, 9.17) is 21.1 Å². The standard InChI is InChI=1S/C16H19ClO4/c1-10-13(16(15(18)19)5-2-3-6-16)11(17)9-12-14(10)21-8-4-7-20-12/h9H,2-8H2,1H3,(H,18,19). The van der Waals surface area contributed by atoms with E-state index in [0.29, 0.717) is 48.1 Å². The van der Waals surface area contributed by atoms with Crippen LogP contribution in [0.1, 0.15) is 43.2 Å². The Morgan fingerprint density at radius 1 is 1.24 bits per heavy atom. The lowest BCUT2D eigenvalue weighted by molar-refractivity contribution is -0.143. The smallest absolute Gasteiger partial charge is 0.314 e. The zero-order valence-corrected chi connectivity index (χ0v) is 12.8. The van der Waals surface area contributed by atoms with Crippen molar-refractivity contribution >= 4 is 17.6 Å². The van der Waals surface area contributed by atoms with Crippen molar-refractivity contribution in [3.8, 4) is 11.5 Å². The molecule has 2 aliphatic rings. The van der Waals surface area contributed by atoms with Crippen molar-refractivity contribution in [2.24, 2.45) is 0 Å². The van der Waals surface area contributed by atoms with E-state index < -0.39 is 11.4 Å². The Kier molecular flexibility index (Phi) is 3.74. The van der Waals surface area contributed by atoms with Crippen molar-refractivity contribution < 1.29 is 19.4 Å². The van der Waals surface area contributed by atoms with Crippen molar-refractivity contribution in [3.05, 3.63) is 22.2 Å². The number of carbonyl (C=O) groups is 1. The Balaban J connectivity index is 2.19. The van der Waals surface area contributed by atoms with Crippen LogP contribution in [-0.4, -0.2) is 24.3 Å². The summed E-state index contributed by atoms with van der Waals surface area (Å²) >= 11 is 6.43. The number of carboxylic acids is 1. The fourth-order valence-electron chi connectivity index (χ4n) is 3.57. The molecule has 1 aliphatic carbocycles. The van der Waals surface area contributed by atoms with E-state index in [9.17, 15) is 9.90 Å². The minimum atomic E-state index is -0.883. The quantitative estimate of drug-likeness (QED) is 0.905. The number of rotatable bonds is 2. The highest BCUT2D eigenvalue weighted by molar-refractivity contribution is 6.32. The Morgan fingerprint density at radius 3 is 2.57 bits per heavy atom. The summed E-state index contributed by atoms with van der Waals surface area (Å²) in [7, 11) is 0. The molecule has 0 unspecified atom stereocenters. The highest BCUT2D eigenvalue weighted by atomic mass is 35.5. The molecule has 1 heterocycles. The first-order chi connectivity index (χ1) is 10.1. The van der Waals surface area contributed by atoms with Crippen LogP contribution in [0.3, 0.4) is 0 Å². The third-order valence-corrected chi connectivity index (χ3v) is 4.87. The first kappa shape index (κ1) is 14.5. The minimum Gasteiger partial charge on any atom is -0.489 e. The van der Waals surface area contributed by atoms with Gasteiger partial charge in [-0.05, 0) is 25.3 Å². The molecular weight excluding hydrogens is 292 g/mol. The molecular formula is C16H19ClO4. The van der Waals surface area contributed by atoms with E-state index in [1.165, 1.54) is 0 Å². The third kappa shape index (κ3) is 2.26. The lowest BCUT2D eigenvalue weighted by Gasteiger charge is -2.29. The van der Waals surface area contributed by atoms with Gasteiger partial charge in [0.25, 0.3) is 0 Å². The average Bonchev–Trinajstić information content (AvgIpc) is 2.80. The lowest BCUT2D eigenvalue weighted by Crippen LogP contribution is -2.34. The summed E-state index contributed by atoms with van der Waals surface area (Å²) in [5.41, 5.74) is 0.633. The number of fused-ring (bicyclic) bond motifs is 1. The molecule has 0 amide bonds. The summed E-state index contributed by atoms with van der Waals surface area (Å²) in [5.74, 6) is 0.483. The summed E-state index contributed by atoms with van der Waals surface area (Å²) < 4.78 is 11.4. The molecule has 114 valence electrons. The number of hydrogen-bond donors (Lipinski definition) is 1. The van der Waals surface area contributed by atoms with Gasteiger partial charge in [0.15, 0.2) is 11.5 Å². The molecule has 0 atom stereocenters. The van der Waals surface area contributed by atoms with Crippen LogP contribution < -0.4 is 9.47 Å². The lowest BCUT2D eigenvalue weighted by atomic mass is 9.76. The molecule has 3 rings (SSSR count). The predicted molar refractivity (Wildman–Crippen MR) is 79.6 cm³/mol. The van der Waals surface area contributed by atoms with Crippen molar-refractivity contribution in [1.29, 1.82) is 0 Å². The molecule has 0 bridgehead atoms. The molecule has 1 N–H and O–H groups in total. The molecule has 1 aliphatic heterocycles. The molecule has 0 saturated heterocycles. The van der Waals surface area contributed by atoms with Crippen molar-refractivity contribution in [2.75, 3.05) is 13.2 Å². The van der Waals surface area contributed by atoms with E-state index in [-0.39, 0.29) is 0 Å². The Bertz CT molecular complexity index is 576. The predicted octanol–water partition coefficient (Wildman–Crippen LogP) is 3.71. The van der Waals surface area contributed by atoms with Gasteiger partial charge >= 0.3 is 5.97 Å². The number of benzene rings is 1. The Hall–Kier alpha value is -1.42. The fourth-order valence-corrected chi connectivity index (χ4v) is 3.99. The summed E-state index contributed by atoms with van der Waals surface area (Å²) in [5, 5.41) is 10.3. The van der Waals surface area contributed by atoms with Crippen LogP contribution in [0.2, 0.25) is 5.02 Å². The Morgan fingerprint density at radius 2 is 1.90 bits per heavy atom. The maximum atomic E-state index is 11.9. The number of aliphatic carboxylic acids is 1. The molecule has 1 aromatic carbocycles. The highest BCUT2D eigenvalue weighted by Crippen LogP contribution is 2.50. The van der Waals surface area contributed by atoms with Gasteiger partial charge in [0.1, 0.15) is 0 Å². The molecule has 0 radical (unpaired) electrons. The maximum Gasteiger partial charge on any atom is 0.314 e. The van der Waals surface area contributed by atoms with Gasteiger partial charge in [-0.3, -0.25) is 4.79 Å². The van der Waals surface area contributed by atoms with Gasteiger partial charge in [-0.15, -0.1) is 0 Å². The normalized spacial score (nSPS) is 20.1. The van der Waals surface area contributed by atoms with Crippen molar-refractivity contribution in [1.82, 2.24) is 0 Å². The van der Waals surface area contributed by atoms with Crippen LogP contribution in [0.15, 0.2) is 6.07 Å². The van der Waals surface area contributed by atoms with Crippen molar-refractivity contribution in [3.63, 3.8) is 0 Å². The molecule has 1 fully saturated rings. The monoisotopic (exact) mass is 310 g/mol. The molecule has 21 heavy (non-hydrogen) atoms. The number of carboxylic acid groups (broad SMARTS) is 1. The van der Waals surface area contributed by atoms with Gasteiger partial charge in [-0.1, -0.05) is 24.4 Å². The van der Waals surface area contributed by atoms with Crippen LogP contribution >= 0.6 is 11.6 Å². The summed E-state index contributed by atoms with van der Waals surface area (Å²) in [6, 6.07) is 1.72.